The molecule has 3 rings (SSSR count). The van der Waals surface area contributed by atoms with E-state index in [2.05, 4.69) is 36.6 Å². The Hall–Kier alpha value is -2.17. The van der Waals surface area contributed by atoms with E-state index < -0.39 is 0 Å². The Labute approximate surface area is 156 Å². The fourth-order valence-corrected chi connectivity index (χ4v) is 4.16. The first-order chi connectivity index (χ1) is 12.3. The fraction of sp³-hybridized carbons (Fsp3) is 0.571. The number of amides is 1. The van der Waals surface area contributed by atoms with Gasteiger partial charge in [-0.05, 0) is 74.5 Å². The number of hydrogen-bond acceptors (Lipinski definition) is 3. The summed E-state index contributed by atoms with van der Waals surface area (Å²) < 4.78 is 2.13. The topological polar surface area (TPSA) is 73.8 Å². The summed E-state index contributed by atoms with van der Waals surface area (Å²) in [5.41, 5.74) is 10.4. The van der Waals surface area contributed by atoms with Gasteiger partial charge >= 0.3 is 0 Å². The van der Waals surface area contributed by atoms with Crippen LogP contribution in [-0.4, -0.2) is 20.7 Å². The summed E-state index contributed by atoms with van der Waals surface area (Å²) in [4.78, 5) is 15.9. The molecule has 1 aliphatic carbocycles. The Morgan fingerprint density at radius 2 is 1.96 bits per heavy atom. The van der Waals surface area contributed by atoms with E-state index in [1.165, 1.54) is 24.1 Å². The fourth-order valence-electron chi connectivity index (χ4n) is 4.16. The van der Waals surface area contributed by atoms with Crippen LogP contribution in [0.1, 0.15) is 84.2 Å². The molecule has 1 saturated carbocycles. The summed E-state index contributed by atoms with van der Waals surface area (Å²) in [7, 11) is 0. The Morgan fingerprint density at radius 1 is 1.27 bits per heavy atom. The molecule has 1 fully saturated rings. The highest BCUT2D eigenvalue weighted by Gasteiger charge is 2.24. The number of pyridine rings is 1. The van der Waals surface area contributed by atoms with Crippen molar-refractivity contribution in [3.05, 3.63) is 46.5 Å². The summed E-state index contributed by atoms with van der Waals surface area (Å²) >= 11 is 0. The van der Waals surface area contributed by atoms with Crippen molar-refractivity contribution in [2.45, 2.75) is 71.8 Å². The van der Waals surface area contributed by atoms with E-state index in [1.807, 2.05) is 19.2 Å². The maximum Gasteiger partial charge on any atom is 0.250 e. The Bertz CT molecular complexity index is 785. The summed E-state index contributed by atoms with van der Waals surface area (Å²) in [5.74, 6) is 1.23. The molecule has 26 heavy (non-hydrogen) atoms. The van der Waals surface area contributed by atoms with Gasteiger partial charge in [0, 0.05) is 24.6 Å². The minimum atomic E-state index is -0.388. The molecule has 0 radical (unpaired) electrons. The minimum absolute atomic E-state index is 0.388. The van der Waals surface area contributed by atoms with E-state index in [9.17, 15) is 4.79 Å². The first kappa shape index (κ1) is 18.6. The largest absolute Gasteiger partial charge is 0.366 e. The Kier molecular flexibility index (Phi) is 5.44. The SMILES string of the molecule is Cc1cn(CC2CCC(c3cnc(C)c(C(N)=O)c3)CC2)nc1C(C)C. The molecule has 140 valence electrons. The molecule has 5 heteroatoms. The molecular weight excluding hydrogens is 324 g/mol. The highest BCUT2D eigenvalue weighted by molar-refractivity contribution is 5.93. The zero-order valence-electron chi connectivity index (χ0n) is 16.3. The third-order valence-electron chi connectivity index (χ3n) is 5.67. The van der Waals surface area contributed by atoms with Crippen LogP contribution in [0, 0.1) is 19.8 Å². The molecule has 0 aliphatic heterocycles. The van der Waals surface area contributed by atoms with Crippen molar-refractivity contribution in [3.8, 4) is 0 Å². The molecule has 0 saturated heterocycles. The van der Waals surface area contributed by atoms with Gasteiger partial charge in [-0.2, -0.15) is 5.10 Å². The van der Waals surface area contributed by atoms with Crippen molar-refractivity contribution in [3.63, 3.8) is 0 Å². The second kappa shape index (κ2) is 7.60. The summed E-state index contributed by atoms with van der Waals surface area (Å²) in [6.07, 6.45) is 8.72. The van der Waals surface area contributed by atoms with Gasteiger partial charge in [-0.1, -0.05) is 13.8 Å². The number of aryl methyl sites for hydroxylation is 2. The van der Waals surface area contributed by atoms with Crippen LogP contribution >= 0.6 is 0 Å². The Balaban J connectivity index is 1.62. The normalized spacial score (nSPS) is 20.5. The molecule has 0 unspecified atom stereocenters. The highest BCUT2D eigenvalue weighted by Crippen LogP contribution is 2.36. The Morgan fingerprint density at radius 3 is 2.54 bits per heavy atom. The van der Waals surface area contributed by atoms with Crippen molar-refractivity contribution >= 4 is 5.91 Å². The average molecular weight is 354 g/mol. The van der Waals surface area contributed by atoms with E-state index in [0.717, 1.165) is 24.9 Å². The van der Waals surface area contributed by atoms with Crippen LogP contribution in [0.15, 0.2) is 18.5 Å². The summed E-state index contributed by atoms with van der Waals surface area (Å²) in [5, 5.41) is 4.78. The lowest BCUT2D eigenvalue weighted by atomic mass is 9.79. The molecule has 1 aliphatic rings. The van der Waals surface area contributed by atoms with Gasteiger partial charge in [0.15, 0.2) is 0 Å². The molecule has 2 N–H and O–H groups in total. The van der Waals surface area contributed by atoms with Gasteiger partial charge in [0.1, 0.15) is 0 Å². The van der Waals surface area contributed by atoms with E-state index in [-0.39, 0.29) is 5.91 Å². The van der Waals surface area contributed by atoms with Gasteiger partial charge in [0.05, 0.1) is 11.3 Å². The maximum atomic E-state index is 11.6. The number of carbonyl (C=O) groups excluding carboxylic acids is 1. The van der Waals surface area contributed by atoms with Crippen molar-refractivity contribution in [2.24, 2.45) is 11.7 Å². The predicted octanol–water partition coefficient (Wildman–Crippen LogP) is 4.09. The lowest BCUT2D eigenvalue weighted by molar-refractivity contribution is 0.0999. The molecule has 2 heterocycles. The van der Waals surface area contributed by atoms with Gasteiger partial charge in [-0.3, -0.25) is 14.5 Å². The van der Waals surface area contributed by atoms with Crippen LogP contribution < -0.4 is 5.73 Å². The second-order valence-corrected chi connectivity index (χ2v) is 8.06. The summed E-state index contributed by atoms with van der Waals surface area (Å²) in [6.45, 7) is 9.37. The quantitative estimate of drug-likeness (QED) is 0.879. The van der Waals surface area contributed by atoms with Gasteiger partial charge in [0.2, 0.25) is 0 Å². The molecule has 0 atom stereocenters. The zero-order valence-corrected chi connectivity index (χ0v) is 16.3. The first-order valence-corrected chi connectivity index (χ1v) is 9.65. The van der Waals surface area contributed by atoms with E-state index in [4.69, 9.17) is 10.8 Å². The van der Waals surface area contributed by atoms with Crippen molar-refractivity contribution in [1.82, 2.24) is 14.8 Å². The molecule has 0 bridgehead atoms. The number of hydrogen-bond donors (Lipinski definition) is 1. The van der Waals surface area contributed by atoms with E-state index >= 15 is 0 Å². The van der Waals surface area contributed by atoms with E-state index in [1.54, 1.807) is 0 Å². The maximum absolute atomic E-state index is 11.6. The second-order valence-electron chi connectivity index (χ2n) is 8.06. The van der Waals surface area contributed by atoms with Crippen LogP contribution in [0.2, 0.25) is 0 Å². The third-order valence-corrected chi connectivity index (χ3v) is 5.67. The predicted molar refractivity (Wildman–Crippen MR) is 103 cm³/mol. The zero-order chi connectivity index (χ0) is 18.8. The molecule has 0 spiro atoms. The van der Waals surface area contributed by atoms with Crippen LogP contribution in [0.5, 0.6) is 0 Å². The monoisotopic (exact) mass is 354 g/mol. The number of nitrogens with two attached hydrogens (primary N) is 1. The van der Waals surface area contributed by atoms with Crippen LogP contribution in [-0.2, 0) is 6.54 Å². The average Bonchev–Trinajstić information content (AvgIpc) is 2.96. The van der Waals surface area contributed by atoms with Crippen molar-refractivity contribution in [2.75, 3.05) is 0 Å². The van der Waals surface area contributed by atoms with Crippen LogP contribution in [0.25, 0.3) is 0 Å². The first-order valence-electron chi connectivity index (χ1n) is 9.65. The number of nitrogens with zero attached hydrogens (tertiary/aromatic N) is 3. The van der Waals surface area contributed by atoms with Gasteiger partial charge in [-0.15, -0.1) is 0 Å². The molecule has 0 aromatic carbocycles. The van der Waals surface area contributed by atoms with Crippen LogP contribution in [0.3, 0.4) is 0 Å². The lowest BCUT2D eigenvalue weighted by Crippen LogP contribution is -2.20. The third kappa shape index (κ3) is 3.97. The molecular formula is C21H30N4O. The standard InChI is InChI=1S/C21H30N4O/c1-13(2)20-14(3)11-25(24-20)12-16-5-7-17(8-6-16)18-9-19(21(22)26)15(4)23-10-18/h9-11,13,16-17H,5-8,12H2,1-4H3,(H2,22,26). The number of aromatic nitrogens is 3. The van der Waals surface area contributed by atoms with Crippen molar-refractivity contribution in [1.29, 1.82) is 0 Å². The number of primary amides is 1. The van der Waals surface area contributed by atoms with Gasteiger partial charge < -0.3 is 5.73 Å². The summed E-state index contributed by atoms with van der Waals surface area (Å²) in [6, 6.07) is 1.95. The van der Waals surface area contributed by atoms with E-state index in [0.29, 0.717) is 29.0 Å². The van der Waals surface area contributed by atoms with Crippen molar-refractivity contribution < 1.29 is 4.79 Å². The molecule has 5 nitrogen and oxygen atoms in total. The number of rotatable bonds is 5. The molecule has 1 amide bonds. The molecule has 2 aromatic heterocycles. The minimum Gasteiger partial charge on any atom is -0.366 e. The number of carbonyl (C=O) groups is 1. The lowest BCUT2D eigenvalue weighted by Gasteiger charge is -2.28. The smallest absolute Gasteiger partial charge is 0.250 e. The highest BCUT2D eigenvalue weighted by atomic mass is 16.1. The molecule has 2 aromatic rings. The van der Waals surface area contributed by atoms with Gasteiger partial charge in [0.25, 0.3) is 5.91 Å². The van der Waals surface area contributed by atoms with Crippen LogP contribution in [0.4, 0.5) is 0 Å². The van der Waals surface area contributed by atoms with Gasteiger partial charge in [-0.25, -0.2) is 0 Å².